The van der Waals surface area contributed by atoms with Crippen LogP contribution in [0.5, 0.6) is 0 Å². The monoisotopic (exact) mass is 192 g/mol. The van der Waals surface area contributed by atoms with Crippen LogP contribution in [0.1, 0.15) is 38.3 Å². The molecule has 1 aliphatic carbocycles. The summed E-state index contributed by atoms with van der Waals surface area (Å²) >= 11 is 0. The minimum atomic E-state index is -0.169. The van der Waals surface area contributed by atoms with Crippen molar-refractivity contribution in [1.82, 2.24) is 0 Å². The van der Waals surface area contributed by atoms with Crippen LogP contribution in [-0.4, -0.2) is 11.2 Å². The Bertz CT molecular complexity index is 304. The van der Waals surface area contributed by atoms with E-state index in [1.807, 2.05) is 6.07 Å². The molecule has 78 valence electrons. The predicted octanol–water partition coefficient (Wildman–Crippen LogP) is 2.98. The Labute approximate surface area is 86.8 Å². The molecule has 2 rings (SSSR count). The molecule has 1 nitrogen and oxygen atoms in total. The average molecular weight is 192 g/mol. The molecule has 0 aromatic heterocycles. The maximum Gasteiger partial charge on any atom is 0.0651 e. The van der Waals surface area contributed by atoms with Crippen LogP contribution in [0.3, 0.4) is 0 Å². The summed E-state index contributed by atoms with van der Waals surface area (Å²) in [5, 5.41) is 9.88. The highest BCUT2D eigenvalue weighted by atomic mass is 16.3. The van der Waals surface area contributed by atoms with Crippen molar-refractivity contribution in [2.45, 2.75) is 39.7 Å². The highest BCUT2D eigenvalue weighted by Crippen LogP contribution is 2.37. The second-order valence-corrected chi connectivity index (χ2v) is 4.24. The number of aliphatic hydroxyl groups is 1. The van der Waals surface area contributed by atoms with Crippen molar-refractivity contribution in [3.8, 4) is 0 Å². The molecule has 2 atom stereocenters. The third kappa shape index (κ3) is 1.69. The summed E-state index contributed by atoms with van der Waals surface area (Å²) < 4.78 is 0. The lowest BCUT2D eigenvalue weighted by molar-refractivity contribution is 0.136. The van der Waals surface area contributed by atoms with Crippen LogP contribution in [0.4, 0.5) is 0 Å². The summed E-state index contributed by atoms with van der Waals surface area (Å²) in [6.45, 7) is 4.35. The molecule has 0 saturated heterocycles. The van der Waals surface area contributed by atoms with Gasteiger partial charge in [-0.2, -0.15) is 0 Å². The molecule has 0 heterocycles. The summed E-state index contributed by atoms with van der Waals surface area (Å²) in [5.41, 5.74) is 2.68. The average Bonchev–Trinajstić information content (AvgIpc) is 2.39. The van der Waals surface area contributed by atoms with Gasteiger partial charge in [0, 0.05) is 5.92 Å². The van der Waals surface area contributed by atoms with E-state index in [0.717, 1.165) is 6.42 Å². The number of hydrogen-bond acceptors (Lipinski definition) is 1. The van der Waals surface area contributed by atoms with Gasteiger partial charge in [-0.15, -0.1) is 0 Å². The number of benzene rings is 1. The Morgan fingerprint density at radius 3 is 2.57 bits per heavy atom. The molecule has 0 aliphatic heterocycles. The van der Waals surface area contributed by atoms with E-state index in [4.69, 9.17) is 0 Å². The zero-order valence-electron chi connectivity index (χ0n) is 8.20. The van der Waals surface area contributed by atoms with Crippen molar-refractivity contribution in [1.29, 1.82) is 0 Å². The molecule has 0 bridgehead atoms. The minimum Gasteiger partial charge on any atom is -0.392 e. The first-order valence-electron chi connectivity index (χ1n) is 4.96. The number of hydrogen-bond donors (Lipinski definition) is 1. The molecule has 1 aromatic carbocycles. The molecule has 0 saturated carbocycles. The van der Waals surface area contributed by atoms with Crippen LogP contribution in [-0.2, 0) is 6.42 Å². The van der Waals surface area contributed by atoms with Crippen LogP contribution in [0.15, 0.2) is 24.3 Å². The Kier molecular flexibility index (Phi) is 3.33. The smallest absolute Gasteiger partial charge is 0.0651 e. The normalized spacial score (nSPS) is 24.6. The van der Waals surface area contributed by atoms with Crippen LogP contribution >= 0.6 is 0 Å². The summed E-state index contributed by atoms with van der Waals surface area (Å²) in [7, 11) is 0. The quantitative estimate of drug-likeness (QED) is 0.725. The zero-order valence-corrected chi connectivity index (χ0v) is 8.20. The Morgan fingerprint density at radius 2 is 1.93 bits per heavy atom. The molecule has 1 heteroatoms. The van der Waals surface area contributed by atoms with E-state index in [2.05, 4.69) is 32.0 Å². The van der Waals surface area contributed by atoms with E-state index in [-0.39, 0.29) is 13.5 Å². The Morgan fingerprint density at radius 1 is 1.29 bits per heavy atom. The molecule has 1 aliphatic rings. The zero-order chi connectivity index (χ0) is 9.42. The van der Waals surface area contributed by atoms with Crippen LogP contribution < -0.4 is 0 Å². The Hall–Kier alpha value is -0.820. The van der Waals surface area contributed by atoms with Crippen molar-refractivity contribution in [2.75, 3.05) is 0 Å². The molecule has 1 aromatic rings. The second-order valence-electron chi connectivity index (χ2n) is 4.24. The number of rotatable bonds is 1. The highest BCUT2D eigenvalue weighted by Gasteiger charge is 2.32. The predicted molar refractivity (Wildman–Crippen MR) is 60.5 cm³/mol. The van der Waals surface area contributed by atoms with Crippen LogP contribution in [0, 0.1) is 5.92 Å². The van der Waals surface area contributed by atoms with Gasteiger partial charge in [0.1, 0.15) is 0 Å². The van der Waals surface area contributed by atoms with E-state index in [1.54, 1.807) is 0 Å². The fourth-order valence-corrected chi connectivity index (χ4v) is 2.41. The van der Waals surface area contributed by atoms with Gasteiger partial charge in [-0.1, -0.05) is 45.5 Å². The van der Waals surface area contributed by atoms with Gasteiger partial charge in [-0.25, -0.2) is 0 Å². The lowest BCUT2D eigenvalue weighted by Crippen LogP contribution is -2.18. The molecule has 1 N–H and O–H groups in total. The summed E-state index contributed by atoms with van der Waals surface area (Å²) in [6.07, 6.45) is 0.663. The van der Waals surface area contributed by atoms with E-state index in [9.17, 15) is 5.11 Å². The van der Waals surface area contributed by atoms with Crippen molar-refractivity contribution in [2.24, 2.45) is 5.92 Å². The summed E-state index contributed by atoms with van der Waals surface area (Å²) in [5.74, 6) is 0.870. The van der Waals surface area contributed by atoms with Crippen molar-refractivity contribution in [3.63, 3.8) is 0 Å². The molecule has 0 radical (unpaired) electrons. The molecular formula is C13H20O. The first kappa shape index (κ1) is 11.3. The van der Waals surface area contributed by atoms with Crippen LogP contribution in [0.25, 0.3) is 0 Å². The molecule has 0 spiro atoms. The third-order valence-electron chi connectivity index (χ3n) is 2.98. The van der Waals surface area contributed by atoms with Gasteiger partial charge in [-0.3, -0.25) is 0 Å². The number of aliphatic hydroxyl groups excluding tert-OH is 1. The van der Waals surface area contributed by atoms with E-state index in [1.165, 1.54) is 11.1 Å². The SMILES string of the molecule is C.CC(C)C1c2ccccc2CC1O. The third-order valence-corrected chi connectivity index (χ3v) is 2.98. The van der Waals surface area contributed by atoms with Gasteiger partial charge in [-0.05, 0) is 23.5 Å². The van der Waals surface area contributed by atoms with E-state index in [0.29, 0.717) is 11.8 Å². The molecule has 0 fully saturated rings. The van der Waals surface area contributed by atoms with Gasteiger partial charge >= 0.3 is 0 Å². The fourth-order valence-electron chi connectivity index (χ4n) is 2.41. The first-order valence-corrected chi connectivity index (χ1v) is 4.96. The molecular weight excluding hydrogens is 172 g/mol. The van der Waals surface area contributed by atoms with Gasteiger partial charge < -0.3 is 5.11 Å². The highest BCUT2D eigenvalue weighted by molar-refractivity contribution is 5.37. The first-order chi connectivity index (χ1) is 6.20. The van der Waals surface area contributed by atoms with Gasteiger partial charge in [0.15, 0.2) is 0 Å². The van der Waals surface area contributed by atoms with Crippen molar-refractivity contribution in [3.05, 3.63) is 35.4 Å². The molecule has 0 amide bonds. The number of fused-ring (bicyclic) bond motifs is 1. The van der Waals surface area contributed by atoms with E-state index < -0.39 is 0 Å². The van der Waals surface area contributed by atoms with E-state index >= 15 is 0 Å². The Balaban J connectivity index is 0.000000980. The van der Waals surface area contributed by atoms with Crippen LogP contribution in [0.2, 0.25) is 0 Å². The molecule has 14 heavy (non-hydrogen) atoms. The van der Waals surface area contributed by atoms with Crippen molar-refractivity contribution >= 4 is 0 Å². The maximum atomic E-state index is 9.88. The van der Waals surface area contributed by atoms with Gasteiger partial charge in [0.05, 0.1) is 6.10 Å². The summed E-state index contributed by atoms with van der Waals surface area (Å²) in [4.78, 5) is 0. The lowest BCUT2D eigenvalue weighted by Gasteiger charge is -2.19. The summed E-state index contributed by atoms with van der Waals surface area (Å²) in [6, 6.07) is 8.39. The second kappa shape index (κ2) is 4.14. The maximum absolute atomic E-state index is 9.88. The largest absolute Gasteiger partial charge is 0.392 e. The fraction of sp³-hybridized carbons (Fsp3) is 0.538. The van der Waals surface area contributed by atoms with Gasteiger partial charge in [0.2, 0.25) is 0 Å². The van der Waals surface area contributed by atoms with Gasteiger partial charge in [0.25, 0.3) is 0 Å². The van der Waals surface area contributed by atoms with Crippen molar-refractivity contribution < 1.29 is 5.11 Å². The standard InChI is InChI=1S/C12H16O.CH4/c1-8(2)12-10-6-4-3-5-9(10)7-11(12)13;/h3-6,8,11-13H,7H2,1-2H3;1H4. The topological polar surface area (TPSA) is 20.2 Å². The minimum absolute atomic E-state index is 0. The lowest BCUT2D eigenvalue weighted by atomic mass is 9.89. The molecule has 2 unspecified atom stereocenters.